The van der Waals surface area contributed by atoms with Gasteiger partial charge in [0.25, 0.3) is 0 Å². The second-order valence-corrected chi connectivity index (χ2v) is 4.81. The lowest BCUT2D eigenvalue weighted by Gasteiger charge is -2.18. The Morgan fingerprint density at radius 3 is 2.85 bits per heavy atom. The molecule has 1 atom stereocenters. The Morgan fingerprint density at radius 2 is 2.15 bits per heavy atom. The molecule has 70 valence electrons. The average Bonchev–Trinajstić information content (AvgIpc) is 2.23. The Kier molecular flexibility index (Phi) is 2.11. The lowest BCUT2D eigenvalue weighted by molar-refractivity contribution is -0.00558. The fourth-order valence-corrected chi connectivity index (χ4v) is 2.81. The van der Waals surface area contributed by atoms with E-state index in [1.165, 1.54) is 6.07 Å². The summed E-state index contributed by atoms with van der Waals surface area (Å²) in [5.41, 5.74) is 1.70. The van der Waals surface area contributed by atoms with Crippen LogP contribution >= 0.6 is 22.6 Å². The minimum Gasteiger partial charge on any atom is -0.353 e. The van der Waals surface area contributed by atoms with E-state index in [4.69, 9.17) is 4.74 Å². The molecule has 0 aliphatic carbocycles. The number of ether oxygens (including phenoxy) is 1. The first-order chi connectivity index (χ1) is 6.00. The van der Waals surface area contributed by atoms with E-state index < -0.39 is 0 Å². The van der Waals surface area contributed by atoms with E-state index in [1.54, 1.807) is 12.1 Å². The summed E-state index contributed by atoms with van der Waals surface area (Å²) in [6.45, 7) is 3.92. The summed E-state index contributed by atoms with van der Waals surface area (Å²) < 4.78 is 18.7. The fourth-order valence-electron chi connectivity index (χ4n) is 1.63. The quantitative estimate of drug-likeness (QED) is 0.525. The van der Waals surface area contributed by atoms with Gasteiger partial charge in [0.2, 0.25) is 0 Å². The van der Waals surface area contributed by atoms with Gasteiger partial charge in [0.15, 0.2) is 0 Å². The van der Waals surface area contributed by atoms with Crippen molar-refractivity contribution in [3.63, 3.8) is 0 Å². The van der Waals surface area contributed by atoms with Gasteiger partial charge in [-0.2, -0.15) is 0 Å². The maximum absolute atomic E-state index is 13.0. The van der Waals surface area contributed by atoms with Gasteiger partial charge in [-0.15, -0.1) is 0 Å². The normalized spacial score (nSPS) is 24.5. The van der Waals surface area contributed by atoms with Gasteiger partial charge in [0, 0.05) is 0 Å². The lowest BCUT2D eigenvalue weighted by Crippen LogP contribution is -2.14. The number of benzene rings is 1. The second-order valence-electron chi connectivity index (χ2n) is 3.68. The van der Waals surface area contributed by atoms with Crippen molar-refractivity contribution in [1.82, 2.24) is 0 Å². The van der Waals surface area contributed by atoms with Crippen molar-refractivity contribution in [2.45, 2.75) is 23.6 Å². The first kappa shape index (κ1) is 9.40. The first-order valence-corrected chi connectivity index (χ1v) is 5.37. The molecule has 0 bridgehead atoms. The molecule has 3 heteroatoms. The predicted octanol–water partition coefficient (Wildman–Crippen LogP) is 3.52. The van der Waals surface area contributed by atoms with Crippen LogP contribution in [0, 0.1) is 5.82 Å². The highest BCUT2D eigenvalue weighted by Crippen LogP contribution is 2.46. The molecular formula is C10H10FIO. The third-order valence-corrected chi connectivity index (χ3v) is 3.23. The van der Waals surface area contributed by atoms with Crippen molar-refractivity contribution in [2.24, 2.45) is 0 Å². The highest BCUT2D eigenvalue weighted by atomic mass is 127. The highest BCUT2D eigenvalue weighted by molar-refractivity contribution is 14.1. The van der Waals surface area contributed by atoms with E-state index in [2.05, 4.69) is 22.6 Å². The molecule has 1 aliphatic rings. The Labute approximate surface area is 90.4 Å². The maximum Gasteiger partial charge on any atom is 0.135 e. The van der Waals surface area contributed by atoms with E-state index >= 15 is 0 Å². The van der Waals surface area contributed by atoms with Gasteiger partial charge >= 0.3 is 0 Å². The van der Waals surface area contributed by atoms with Crippen LogP contribution in [0.3, 0.4) is 0 Å². The van der Waals surface area contributed by atoms with Crippen LogP contribution in [0.15, 0.2) is 18.2 Å². The molecule has 1 nitrogen and oxygen atoms in total. The Hall–Kier alpha value is -0.160. The van der Waals surface area contributed by atoms with Crippen molar-refractivity contribution >= 4 is 22.6 Å². The van der Waals surface area contributed by atoms with E-state index in [1.807, 2.05) is 13.8 Å². The summed E-state index contributed by atoms with van der Waals surface area (Å²) >= 11 is 2.22. The predicted molar refractivity (Wildman–Crippen MR) is 57.3 cm³/mol. The minimum atomic E-state index is -0.358. The van der Waals surface area contributed by atoms with Gasteiger partial charge in [0.1, 0.15) is 9.93 Å². The van der Waals surface area contributed by atoms with Gasteiger partial charge in [-0.25, -0.2) is 4.39 Å². The van der Waals surface area contributed by atoms with E-state index in [0.717, 1.165) is 11.1 Å². The lowest BCUT2D eigenvalue weighted by atomic mass is 9.96. The molecule has 1 aliphatic heterocycles. The number of alkyl halides is 1. The SMILES string of the molecule is CC1(C)OC(I)c2ccc(F)cc21. The van der Waals surface area contributed by atoms with Crippen LogP contribution in [0.4, 0.5) is 4.39 Å². The molecule has 0 spiro atoms. The third kappa shape index (κ3) is 1.48. The summed E-state index contributed by atoms with van der Waals surface area (Å²) in [5.74, 6) is -0.194. The van der Waals surface area contributed by atoms with Crippen molar-refractivity contribution in [2.75, 3.05) is 0 Å². The number of fused-ring (bicyclic) bond motifs is 1. The molecule has 1 aromatic rings. The summed E-state index contributed by atoms with van der Waals surface area (Å²) in [6.07, 6.45) is 0. The third-order valence-electron chi connectivity index (χ3n) is 2.31. The molecule has 13 heavy (non-hydrogen) atoms. The molecule has 0 N–H and O–H groups in total. The monoisotopic (exact) mass is 292 g/mol. The Morgan fingerprint density at radius 1 is 1.46 bits per heavy atom. The van der Waals surface area contributed by atoms with E-state index in [0.29, 0.717) is 0 Å². The van der Waals surface area contributed by atoms with Gasteiger partial charge in [0.05, 0.1) is 5.60 Å². The van der Waals surface area contributed by atoms with Gasteiger partial charge in [-0.05, 0) is 59.7 Å². The Bertz CT molecular complexity index is 349. The summed E-state index contributed by atoms with van der Waals surface area (Å²) in [4.78, 5) is 0. The maximum atomic E-state index is 13.0. The van der Waals surface area contributed by atoms with Crippen molar-refractivity contribution in [1.29, 1.82) is 0 Å². The first-order valence-electron chi connectivity index (χ1n) is 4.12. The van der Waals surface area contributed by atoms with Crippen molar-refractivity contribution in [3.8, 4) is 0 Å². The van der Waals surface area contributed by atoms with Gasteiger partial charge < -0.3 is 4.74 Å². The van der Waals surface area contributed by atoms with E-state index in [-0.39, 0.29) is 15.5 Å². The zero-order chi connectivity index (χ0) is 9.64. The Balaban J connectivity index is 2.60. The molecule has 1 unspecified atom stereocenters. The van der Waals surface area contributed by atoms with Crippen LogP contribution in [0.25, 0.3) is 0 Å². The summed E-state index contributed by atoms with van der Waals surface area (Å²) in [7, 11) is 0. The second kappa shape index (κ2) is 2.92. The topological polar surface area (TPSA) is 9.23 Å². The van der Waals surface area contributed by atoms with Crippen molar-refractivity contribution in [3.05, 3.63) is 35.1 Å². The van der Waals surface area contributed by atoms with Crippen LogP contribution in [0.1, 0.15) is 29.1 Å². The van der Waals surface area contributed by atoms with E-state index in [9.17, 15) is 4.39 Å². The smallest absolute Gasteiger partial charge is 0.135 e. The zero-order valence-corrected chi connectivity index (χ0v) is 9.63. The molecule has 0 amide bonds. The number of rotatable bonds is 0. The number of halogens is 2. The van der Waals surface area contributed by atoms with Gasteiger partial charge in [-0.1, -0.05) is 6.07 Å². The molecule has 2 rings (SSSR count). The molecule has 0 saturated heterocycles. The van der Waals surface area contributed by atoms with Crippen LogP contribution in [0.2, 0.25) is 0 Å². The summed E-state index contributed by atoms with van der Waals surface area (Å²) in [6, 6.07) is 4.85. The molecule has 0 aromatic heterocycles. The van der Waals surface area contributed by atoms with Crippen molar-refractivity contribution < 1.29 is 9.13 Å². The fraction of sp³-hybridized carbons (Fsp3) is 0.400. The molecule has 0 saturated carbocycles. The summed E-state index contributed by atoms with van der Waals surface area (Å²) in [5, 5.41) is 0. The molecular weight excluding hydrogens is 282 g/mol. The minimum absolute atomic E-state index is 0.0446. The number of hydrogen-bond donors (Lipinski definition) is 0. The molecule has 1 heterocycles. The highest BCUT2D eigenvalue weighted by Gasteiger charge is 2.36. The van der Waals surface area contributed by atoms with Crippen LogP contribution < -0.4 is 0 Å². The molecule has 0 fully saturated rings. The van der Waals surface area contributed by atoms with Crippen LogP contribution in [-0.2, 0) is 10.3 Å². The van der Waals surface area contributed by atoms with Crippen LogP contribution in [0.5, 0.6) is 0 Å². The van der Waals surface area contributed by atoms with Gasteiger partial charge in [-0.3, -0.25) is 0 Å². The molecule has 0 radical (unpaired) electrons. The zero-order valence-electron chi connectivity index (χ0n) is 7.47. The largest absolute Gasteiger partial charge is 0.353 e. The molecule has 1 aromatic carbocycles. The average molecular weight is 292 g/mol. The van der Waals surface area contributed by atoms with Crippen LogP contribution in [-0.4, -0.2) is 0 Å². The standard InChI is InChI=1S/C10H10FIO/c1-10(2)8-5-6(11)3-4-7(8)9(12)13-10/h3-5,9H,1-2H3. The number of hydrogen-bond acceptors (Lipinski definition) is 1.